The maximum absolute atomic E-state index is 5.83. The highest BCUT2D eigenvalue weighted by Crippen LogP contribution is 2.37. The summed E-state index contributed by atoms with van der Waals surface area (Å²) in [5.41, 5.74) is 0.949. The molecular weight excluding hydrogens is 340 g/mol. The molecule has 0 amide bonds. The molecule has 0 saturated heterocycles. The monoisotopic (exact) mass is 354 g/mol. The zero-order valence-electron chi connectivity index (χ0n) is 13.1. The topological polar surface area (TPSA) is 64.7 Å². The third-order valence-corrected chi connectivity index (χ3v) is 5.44. The fourth-order valence-corrected chi connectivity index (χ4v) is 4.02. The lowest BCUT2D eigenvalue weighted by atomic mass is 10.2. The van der Waals surface area contributed by atoms with Crippen LogP contribution in [-0.4, -0.2) is 20.2 Å². The van der Waals surface area contributed by atoms with E-state index in [2.05, 4.69) is 20.2 Å². The van der Waals surface area contributed by atoms with Crippen molar-refractivity contribution in [2.24, 2.45) is 0 Å². The predicted octanol–water partition coefficient (Wildman–Crippen LogP) is 4.90. The summed E-state index contributed by atoms with van der Waals surface area (Å²) in [5.74, 6) is 1.92. The first-order valence-electron chi connectivity index (χ1n) is 7.48. The molecule has 3 heterocycles. The molecule has 4 aromatic rings. The summed E-state index contributed by atoms with van der Waals surface area (Å²) in [4.78, 5) is 10.0. The van der Waals surface area contributed by atoms with Crippen molar-refractivity contribution < 1.29 is 4.42 Å². The van der Waals surface area contributed by atoms with Gasteiger partial charge in [0, 0.05) is 5.39 Å². The van der Waals surface area contributed by atoms with Gasteiger partial charge in [-0.1, -0.05) is 36.0 Å². The SMILES string of the molecule is Cc1nc(SC(C)c2nnc(-c3cccs3)o2)c2ccccc2n1. The van der Waals surface area contributed by atoms with E-state index in [1.165, 1.54) is 0 Å². The minimum atomic E-state index is 0.00363. The number of fused-ring (bicyclic) bond motifs is 1. The number of rotatable bonds is 4. The first-order chi connectivity index (χ1) is 11.7. The van der Waals surface area contributed by atoms with E-state index in [0.717, 1.165) is 26.6 Å². The molecule has 0 radical (unpaired) electrons. The van der Waals surface area contributed by atoms with Crippen molar-refractivity contribution in [3.05, 3.63) is 53.5 Å². The van der Waals surface area contributed by atoms with E-state index in [1.54, 1.807) is 23.1 Å². The van der Waals surface area contributed by atoms with Crippen molar-refractivity contribution in [3.63, 3.8) is 0 Å². The molecule has 1 atom stereocenters. The maximum Gasteiger partial charge on any atom is 0.257 e. The number of hydrogen-bond donors (Lipinski definition) is 0. The highest BCUT2D eigenvalue weighted by molar-refractivity contribution is 7.99. The Bertz CT molecular complexity index is 981. The van der Waals surface area contributed by atoms with Crippen molar-refractivity contribution in [3.8, 4) is 10.8 Å². The van der Waals surface area contributed by atoms with Gasteiger partial charge in [-0.15, -0.1) is 21.5 Å². The number of nitrogens with zero attached hydrogens (tertiary/aromatic N) is 4. The van der Waals surface area contributed by atoms with Crippen molar-refractivity contribution in [1.82, 2.24) is 20.2 Å². The number of aryl methyl sites for hydroxylation is 1. The molecule has 5 nitrogen and oxygen atoms in total. The molecule has 0 spiro atoms. The molecule has 0 aliphatic carbocycles. The minimum absolute atomic E-state index is 0.00363. The lowest BCUT2D eigenvalue weighted by Crippen LogP contribution is -1.95. The number of hydrogen-bond acceptors (Lipinski definition) is 7. The largest absolute Gasteiger partial charge is 0.419 e. The molecule has 24 heavy (non-hydrogen) atoms. The van der Waals surface area contributed by atoms with Crippen LogP contribution in [0.5, 0.6) is 0 Å². The average molecular weight is 354 g/mol. The lowest BCUT2D eigenvalue weighted by Gasteiger charge is -2.09. The second-order valence-electron chi connectivity index (χ2n) is 5.28. The fraction of sp³-hybridized carbons (Fsp3) is 0.176. The number of thiophene rings is 1. The number of aromatic nitrogens is 4. The van der Waals surface area contributed by atoms with Crippen LogP contribution in [0.4, 0.5) is 0 Å². The van der Waals surface area contributed by atoms with Crippen LogP contribution in [0.2, 0.25) is 0 Å². The Hall–Kier alpha value is -2.25. The molecule has 0 fully saturated rings. The minimum Gasteiger partial charge on any atom is -0.419 e. The highest BCUT2D eigenvalue weighted by atomic mass is 32.2. The van der Waals surface area contributed by atoms with E-state index < -0.39 is 0 Å². The van der Waals surface area contributed by atoms with Gasteiger partial charge in [-0.05, 0) is 31.4 Å². The van der Waals surface area contributed by atoms with Crippen molar-refractivity contribution >= 4 is 34.0 Å². The summed E-state index contributed by atoms with van der Waals surface area (Å²) in [6, 6.07) is 12.0. The van der Waals surface area contributed by atoms with E-state index in [0.29, 0.717) is 11.8 Å². The molecule has 0 aliphatic rings. The molecular formula is C17H14N4OS2. The Balaban J connectivity index is 1.64. The smallest absolute Gasteiger partial charge is 0.257 e. The zero-order chi connectivity index (χ0) is 16.5. The molecule has 1 aromatic carbocycles. The maximum atomic E-state index is 5.83. The molecule has 0 N–H and O–H groups in total. The quantitative estimate of drug-likeness (QED) is 0.383. The predicted molar refractivity (Wildman–Crippen MR) is 96.2 cm³/mol. The van der Waals surface area contributed by atoms with Gasteiger partial charge in [-0.25, -0.2) is 9.97 Å². The number of benzene rings is 1. The highest BCUT2D eigenvalue weighted by Gasteiger charge is 2.19. The van der Waals surface area contributed by atoms with E-state index in [-0.39, 0.29) is 5.25 Å². The average Bonchev–Trinajstić information content (AvgIpc) is 3.26. The molecule has 1 unspecified atom stereocenters. The second-order valence-corrected chi connectivity index (χ2v) is 7.55. The van der Waals surface area contributed by atoms with Crippen LogP contribution in [0, 0.1) is 6.92 Å². The van der Waals surface area contributed by atoms with Gasteiger partial charge in [-0.3, -0.25) is 0 Å². The van der Waals surface area contributed by atoms with Gasteiger partial charge in [0.2, 0.25) is 5.89 Å². The summed E-state index contributed by atoms with van der Waals surface area (Å²) < 4.78 is 5.83. The van der Waals surface area contributed by atoms with Gasteiger partial charge in [-0.2, -0.15) is 0 Å². The fourth-order valence-electron chi connectivity index (χ4n) is 2.36. The van der Waals surface area contributed by atoms with Gasteiger partial charge < -0.3 is 4.42 Å². The van der Waals surface area contributed by atoms with Crippen molar-refractivity contribution in [2.45, 2.75) is 24.1 Å². The Morgan fingerprint density at radius 1 is 1.08 bits per heavy atom. The van der Waals surface area contributed by atoms with Crippen molar-refractivity contribution in [1.29, 1.82) is 0 Å². The third-order valence-electron chi connectivity index (χ3n) is 3.49. The van der Waals surface area contributed by atoms with E-state index in [1.807, 2.05) is 55.6 Å². The van der Waals surface area contributed by atoms with Crippen LogP contribution in [0.3, 0.4) is 0 Å². The van der Waals surface area contributed by atoms with Gasteiger partial charge >= 0.3 is 0 Å². The van der Waals surface area contributed by atoms with Crippen LogP contribution in [0.1, 0.15) is 23.9 Å². The molecule has 7 heteroatoms. The normalized spacial score (nSPS) is 12.6. The summed E-state index contributed by atoms with van der Waals surface area (Å²) in [5, 5.41) is 12.3. The first-order valence-corrected chi connectivity index (χ1v) is 9.24. The van der Waals surface area contributed by atoms with E-state index >= 15 is 0 Å². The third kappa shape index (κ3) is 2.92. The van der Waals surface area contributed by atoms with Gasteiger partial charge in [0.05, 0.1) is 15.6 Å². The Kier molecular flexibility index (Phi) is 4.03. The van der Waals surface area contributed by atoms with Crippen LogP contribution in [-0.2, 0) is 0 Å². The van der Waals surface area contributed by atoms with E-state index in [4.69, 9.17) is 4.42 Å². The van der Waals surface area contributed by atoms with Crippen molar-refractivity contribution in [2.75, 3.05) is 0 Å². The molecule has 0 saturated carbocycles. The van der Waals surface area contributed by atoms with Crippen LogP contribution < -0.4 is 0 Å². The first kappa shape index (κ1) is 15.3. The molecule has 120 valence electrons. The standard InChI is InChI=1S/C17H14N4OS2/c1-10(15-20-21-16(22-15)14-8-5-9-23-14)24-17-12-6-3-4-7-13(12)18-11(2)19-17/h3-10H,1-2H3. The van der Waals surface area contributed by atoms with Gasteiger partial charge in [0.25, 0.3) is 5.89 Å². The molecule has 0 aliphatic heterocycles. The lowest BCUT2D eigenvalue weighted by molar-refractivity contribution is 0.510. The zero-order valence-corrected chi connectivity index (χ0v) is 14.8. The van der Waals surface area contributed by atoms with E-state index in [9.17, 15) is 0 Å². The Labute approximate surface area is 147 Å². The van der Waals surface area contributed by atoms with Gasteiger partial charge in [0.1, 0.15) is 10.9 Å². The number of para-hydroxylation sites is 1. The van der Waals surface area contributed by atoms with Crippen LogP contribution >= 0.6 is 23.1 Å². The summed E-state index contributed by atoms with van der Waals surface area (Å²) >= 11 is 3.19. The van der Waals surface area contributed by atoms with Gasteiger partial charge in [0.15, 0.2) is 0 Å². The Morgan fingerprint density at radius 3 is 2.79 bits per heavy atom. The number of thioether (sulfide) groups is 1. The molecule has 4 rings (SSSR count). The van der Waals surface area contributed by atoms with Crippen LogP contribution in [0.25, 0.3) is 21.7 Å². The van der Waals surface area contributed by atoms with Crippen LogP contribution in [0.15, 0.2) is 51.2 Å². The second kappa shape index (κ2) is 6.33. The summed E-state index contributed by atoms with van der Waals surface area (Å²) in [7, 11) is 0. The molecule has 0 bridgehead atoms. The Morgan fingerprint density at radius 2 is 1.96 bits per heavy atom. The summed E-state index contributed by atoms with van der Waals surface area (Å²) in [6.45, 7) is 3.95. The summed E-state index contributed by atoms with van der Waals surface area (Å²) in [6.07, 6.45) is 0. The molecule has 3 aromatic heterocycles.